The number of carbonyl (C=O) groups excluding carboxylic acids is 1. The first-order chi connectivity index (χ1) is 11.7. The second kappa shape index (κ2) is 7.45. The largest absolute Gasteiger partial charge is 0.480 e. The van der Waals surface area contributed by atoms with E-state index in [-0.39, 0.29) is 5.56 Å². The van der Waals surface area contributed by atoms with Gasteiger partial charge in [0.1, 0.15) is 11.8 Å². The third-order valence-corrected chi connectivity index (χ3v) is 4.34. The minimum absolute atomic E-state index is 0.207. The Labute approximate surface area is 145 Å². The van der Waals surface area contributed by atoms with Crippen molar-refractivity contribution in [2.24, 2.45) is 0 Å². The van der Waals surface area contributed by atoms with Crippen molar-refractivity contribution in [2.75, 3.05) is 5.75 Å². The summed E-state index contributed by atoms with van der Waals surface area (Å²) >= 11 is 0. The van der Waals surface area contributed by atoms with Gasteiger partial charge in [0, 0.05) is 5.56 Å². The van der Waals surface area contributed by atoms with Crippen LogP contribution < -0.4 is 5.32 Å². The maximum Gasteiger partial charge on any atom is 0.327 e. The molecule has 1 amide bonds. The number of hydrogen-bond donors (Lipinski definition) is 3. The highest BCUT2D eigenvalue weighted by Crippen LogP contribution is 2.26. The van der Waals surface area contributed by atoms with Gasteiger partial charge in [-0.1, -0.05) is 42.5 Å². The molecular formula is C17H17NO6S. The van der Waals surface area contributed by atoms with Crippen molar-refractivity contribution in [3.8, 4) is 11.1 Å². The highest BCUT2D eigenvalue weighted by Gasteiger charge is 2.27. The summed E-state index contributed by atoms with van der Waals surface area (Å²) in [5, 5.41) is 11.2. The summed E-state index contributed by atoms with van der Waals surface area (Å²) in [6.45, 7) is 1.88. The van der Waals surface area contributed by atoms with Crippen LogP contribution in [0.25, 0.3) is 11.1 Å². The standard InChI is InChI=1S/C17H17NO6S/c1-11-6-2-3-7-12(11)13-8-4-5-9-14(13)16(19)18-15(17(20)21)10-25(22,23)24/h2-9,15H,10H2,1H3,(H,18,19)(H,20,21)(H,22,23,24). The number of hydrogen-bond acceptors (Lipinski definition) is 4. The minimum atomic E-state index is -4.56. The predicted octanol–water partition coefficient (Wildman–Crippen LogP) is 1.73. The van der Waals surface area contributed by atoms with Crippen LogP contribution in [0.5, 0.6) is 0 Å². The van der Waals surface area contributed by atoms with E-state index in [4.69, 9.17) is 9.66 Å². The second-order valence-corrected chi connectivity index (χ2v) is 6.97. The molecular weight excluding hydrogens is 346 g/mol. The Balaban J connectivity index is 2.37. The number of benzene rings is 2. The summed E-state index contributed by atoms with van der Waals surface area (Å²) in [4.78, 5) is 23.7. The van der Waals surface area contributed by atoms with Gasteiger partial charge in [-0.25, -0.2) is 4.79 Å². The number of carboxylic acids is 1. The Morgan fingerprint density at radius 3 is 2.16 bits per heavy atom. The van der Waals surface area contributed by atoms with Gasteiger partial charge in [0.2, 0.25) is 0 Å². The molecule has 0 aliphatic heterocycles. The molecule has 0 bridgehead atoms. The molecule has 8 heteroatoms. The van der Waals surface area contributed by atoms with Crippen LogP contribution in [0.15, 0.2) is 48.5 Å². The molecule has 3 N–H and O–H groups in total. The molecule has 1 unspecified atom stereocenters. The van der Waals surface area contributed by atoms with E-state index in [0.717, 1.165) is 11.1 Å². The maximum atomic E-state index is 12.5. The predicted molar refractivity (Wildman–Crippen MR) is 91.9 cm³/mol. The number of aliphatic carboxylic acids is 1. The molecule has 0 saturated carbocycles. The van der Waals surface area contributed by atoms with Gasteiger partial charge in [-0.05, 0) is 29.7 Å². The zero-order valence-electron chi connectivity index (χ0n) is 13.3. The molecule has 1 atom stereocenters. The normalized spacial score (nSPS) is 12.4. The first kappa shape index (κ1) is 18.6. The number of amides is 1. The average molecular weight is 363 g/mol. The lowest BCUT2D eigenvalue weighted by atomic mass is 9.95. The molecule has 132 valence electrons. The SMILES string of the molecule is Cc1ccccc1-c1ccccc1C(=O)NC(CS(=O)(=O)O)C(=O)O. The average Bonchev–Trinajstić information content (AvgIpc) is 2.53. The molecule has 0 aliphatic rings. The molecule has 2 aromatic carbocycles. The number of carbonyl (C=O) groups is 2. The summed E-state index contributed by atoms with van der Waals surface area (Å²) in [7, 11) is -4.56. The minimum Gasteiger partial charge on any atom is -0.480 e. The van der Waals surface area contributed by atoms with E-state index in [1.165, 1.54) is 6.07 Å². The third-order valence-electron chi connectivity index (χ3n) is 3.59. The van der Waals surface area contributed by atoms with Gasteiger partial charge >= 0.3 is 5.97 Å². The first-order valence-corrected chi connectivity index (χ1v) is 8.94. The fraction of sp³-hybridized carbons (Fsp3) is 0.176. The highest BCUT2D eigenvalue weighted by atomic mass is 32.2. The third kappa shape index (κ3) is 4.88. The van der Waals surface area contributed by atoms with Crippen molar-refractivity contribution in [1.82, 2.24) is 5.32 Å². The number of nitrogens with one attached hydrogen (secondary N) is 1. The number of carboxylic acid groups (broad SMARTS) is 1. The van der Waals surface area contributed by atoms with E-state index >= 15 is 0 Å². The van der Waals surface area contributed by atoms with Gasteiger partial charge in [-0.2, -0.15) is 8.42 Å². The first-order valence-electron chi connectivity index (χ1n) is 7.33. The molecule has 2 aromatic rings. The lowest BCUT2D eigenvalue weighted by Gasteiger charge is -2.16. The van der Waals surface area contributed by atoms with Crippen LogP contribution in [0.1, 0.15) is 15.9 Å². The summed E-state index contributed by atoms with van der Waals surface area (Å²) in [5.41, 5.74) is 2.53. The molecule has 0 heterocycles. The van der Waals surface area contributed by atoms with Gasteiger partial charge in [-0.15, -0.1) is 0 Å². The topological polar surface area (TPSA) is 121 Å². The molecule has 0 radical (unpaired) electrons. The van der Waals surface area contributed by atoms with Crippen LogP contribution in [-0.2, 0) is 14.9 Å². The number of rotatable bonds is 6. The summed E-state index contributed by atoms with van der Waals surface area (Å²) in [6.07, 6.45) is 0. The summed E-state index contributed by atoms with van der Waals surface area (Å²) < 4.78 is 30.7. The van der Waals surface area contributed by atoms with Crippen molar-refractivity contribution in [3.05, 3.63) is 59.7 Å². The fourth-order valence-corrected chi connectivity index (χ4v) is 3.06. The highest BCUT2D eigenvalue weighted by molar-refractivity contribution is 7.85. The quantitative estimate of drug-likeness (QED) is 0.672. The zero-order valence-corrected chi connectivity index (χ0v) is 14.2. The van der Waals surface area contributed by atoms with Gasteiger partial charge in [0.05, 0.1) is 0 Å². The van der Waals surface area contributed by atoms with Gasteiger partial charge < -0.3 is 10.4 Å². The summed E-state index contributed by atoms with van der Waals surface area (Å²) in [6, 6.07) is 12.2. The van der Waals surface area contributed by atoms with E-state index in [1.54, 1.807) is 18.2 Å². The van der Waals surface area contributed by atoms with E-state index < -0.39 is 33.8 Å². The van der Waals surface area contributed by atoms with Crippen LogP contribution in [0.3, 0.4) is 0 Å². The van der Waals surface area contributed by atoms with Crippen molar-refractivity contribution >= 4 is 22.0 Å². The molecule has 0 saturated heterocycles. The van der Waals surface area contributed by atoms with Gasteiger partial charge in [-0.3, -0.25) is 9.35 Å². The van der Waals surface area contributed by atoms with Crippen LogP contribution in [0.2, 0.25) is 0 Å². The smallest absolute Gasteiger partial charge is 0.327 e. The lowest BCUT2D eigenvalue weighted by Crippen LogP contribution is -2.45. The zero-order chi connectivity index (χ0) is 18.6. The molecule has 0 aliphatic carbocycles. The lowest BCUT2D eigenvalue weighted by molar-refractivity contribution is -0.138. The van der Waals surface area contributed by atoms with Gasteiger partial charge in [0.25, 0.3) is 16.0 Å². The molecule has 7 nitrogen and oxygen atoms in total. The van der Waals surface area contributed by atoms with E-state index in [0.29, 0.717) is 5.56 Å². The van der Waals surface area contributed by atoms with Crippen LogP contribution in [0, 0.1) is 6.92 Å². The Morgan fingerprint density at radius 1 is 1.04 bits per heavy atom. The van der Waals surface area contributed by atoms with E-state index in [1.807, 2.05) is 31.2 Å². The monoisotopic (exact) mass is 363 g/mol. The second-order valence-electron chi connectivity index (χ2n) is 5.47. The van der Waals surface area contributed by atoms with Crippen LogP contribution >= 0.6 is 0 Å². The van der Waals surface area contributed by atoms with Gasteiger partial charge in [0.15, 0.2) is 0 Å². The maximum absolute atomic E-state index is 12.5. The Morgan fingerprint density at radius 2 is 1.60 bits per heavy atom. The molecule has 0 aromatic heterocycles. The van der Waals surface area contributed by atoms with Crippen LogP contribution in [-0.4, -0.2) is 41.7 Å². The summed E-state index contributed by atoms with van der Waals surface area (Å²) in [5.74, 6) is -3.41. The molecule has 0 fully saturated rings. The van der Waals surface area contributed by atoms with Crippen molar-refractivity contribution < 1.29 is 27.7 Å². The number of aryl methyl sites for hydroxylation is 1. The Hall–Kier alpha value is -2.71. The van der Waals surface area contributed by atoms with Crippen molar-refractivity contribution in [2.45, 2.75) is 13.0 Å². The van der Waals surface area contributed by atoms with Crippen molar-refractivity contribution in [3.63, 3.8) is 0 Å². The van der Waals surface area contributed by atoms with E-state index in [2.05, 4.69) is 5.32 Å². The fourth-order valence-electron chi connectivity index (χ4n) is 2.41. The Bertz CT molecular complexity index is 907. The van der Waals surface area contributed by atoms with E-state index in [9.17, 15) is 18.0 Å². The molecule has 25 heavy (non-hydrogen) atoms. The van der Waals surface area contributed by atoms with Crippen LogP contribution in [0.4, 0.5) is 0 Å². The van der Waals surface area contributed by atoms with Crippen molar-refractivity contribution in [1.29, 1.82) is 0 Å². The molecule has 0 spiro atoms. The Kier molecular flexibility index (Phi) is 5.55. The molecule has 2 rings (SSSR count).